The van der Waals surface area contributed by atoms with Gasteiger partial charge in [-0.25, -0.2) is 9.18 Å². The molecule has 1 heterocycles. The van der Waals surface area contributed by atoms with Crippen LogP contribution in [0.25, 0.3) is 0 Å². The molecule has 0 spiro atoms. The molecule has 10 heteroatoms. The molecule has 202 valence electrons. The third-order valence-corrected chi connectivity index (χ3v) is 8.02. The normalized spacial score (nSPS) is 16.3. The average molecular weight is 681 g/mol. The Kier molecular flexibility index (Phi) is 9.98. The minimum absolute atomic E-state index is 0.0490. The molecule has 0 bridgehead atoms. The van der Waals surface area contributed by atoms with E-state index in [4.69, 9.17) is 27.9 Å². The second kappa shape index (κ2) is 12.2. The molecule has 1 aliphatic rings. The summed E-state index contributed by atoms with van der Waals surface area (Å²) in [5.41, 5.74) is -0.811. The first kappa shape index (κ1) is 30.2. The van der Waals surface area contributed by atoms with Gasteiger partial charge >= 0.3 is 6.09 Å². The highest BCUT2D eigenvalue weighted by Crippen LogP contribution is 2.44. The zero-order chi connectivity index (χ0) is 27.5. The van der Waals surface area contributed by atoms with Crippen LogP contribution in [0.5, 0.6) is 0 Å². The monoisotopic (exact) mass is 678 g/mol. The molecule has 1 atom stereocenters. The molecule has 3 rings (SSSR count). The number of benzene rings is 2. The Morgan fingerprint density at radius 2 is 1.68 bits per heavy atom. The molecule has 0 N–H and O–H groups in total. The Labute approximate surface area is 244 Å². The summed E-state index contributed by atoms with van der Waals surface area (Å²) in [7, 11) is 1.71. The van der Waals surface area contributed by atoms with E-state index in [-0.39, 0.29) is 38.3 Å². The highest BCUT2D eigenvalue weighted by Gasteiger charge is 2.45. The predicted octanol–water partition coefficient (Wildman–Crippen LogP) is 8.39. The number of nitrogens with zero attached hydrogens (tertiary/aromatic N) is 2. The van der Waals surface area contributed by atoms with E-state index in [1.807, 2.05) is 18.2 Å². The standard InChI is InChI=1S/C27H31Br2Cl2FN2O3/c1-26(2,3)37-25(36)34-9-7-27(32,8-10-34)21(18-5-6-22(30)23(31)13-18)15-24(35)33(4)16-17-11-19(28)14-20(29)12-17/h5-6,11-14,21H,7-10,15-16H2,1-4H3. The van der Waals surface area contributed by atoms with E-state index in [1.54, 1.807) is 50.9 Å². The van der Waals surface area contributed by atoms with Crippen molar-refractivity contribution in [2.45, 2.75) is 63.8 Å². The van der Waals surface area contributed by atoms with Crippen molar-refractivity contribution < 1.29 is 18.7 Å². The quantitative estimate of drug-likeness (QED) is 0.308. The lowest BCUT2D eigenvalue weighted by molar-refractivity contribution is -0.132. The molecule has 0 aromatic heterocycles. The smallest absolute Gasteiger partial charge is 0.410 e. The van der Waals surface area contributed by atoms with Crippen molar-refractivity contribution in [3.05, 3.63) is 66.5 Å². The zero-order valence-electron chi connectivity index (χ0n) is 21.3. The molecule has 1 saturated heterocycles. The van der Waals surface area contributed by atoms with Crippen molar-refractivity contribution in [2.75, 3.05) is 20.1 Å². The first-order chi connectivity index (χ1) is 17.2. The number of piperidine rings is 1. The van der Waals surface area contributed by atoms with Gasteiger partial charge in [0.05, 0.1) is 10.0 Å². The minimum atomic E-state index is -1.72. The lowest BCUT2D eigenvalue weighted by Gasteiger charge is -2.41. The second-order valence-electron chi connectivity index (χ2n) is 10.5. The van der Waals surface area contributed by atoms with Gasteiger partial charge in [0.2, 0.25) is 5.91 Å². The van der Waals surface area contributed by atoms with E-state index in [1.165, 1.54) is 4.90 Å². The van der Waals surface area contributed by atoms with Crippen molar-refractivity contribution in [3.63, 3.8) is 0 Å². The molecule has 1 aliphatic heterocycles. The molecule has 0 radical (unpaired) electrons. The van der Waals surface area contributed by atoms with Crippen molar-refractivity contribution in [1.29, 1.82) is 0 Å². The van der Waals surface area contributed by atoms with Gasteiger partial charge in [-0.1, -0.05) is 61.1 Å². The molecule has 0 aliphatic carbocycles. The molecule has 2 aromatic rings. The Morgan fingerprint density at radius 1 is 1.08 bits per heavy atom. The van der Waals surface area contributed by atoms with Crippen LogP contribution in [0, 0.1) is 0 Å². The highest BCUT2D eigenvalue weighted by molar-refractivity contribution is 9.11. The first-order valence-electron chi connectivity index (χ1n) is 12.0. The van der Waals surface area contributed by atoms with Crippen LogP contribution in [0.1, 0.15) is 57.1 Å². The van der Waals surface area contributed by atoms with Gasteiger partial charge in [-0.15, -0.1) is 0 Å². The van der Waals surface area contributed by atoms with Gasteiger partial charge in [-0.05, 0) is 75.1 Å². The summed E-state index contributed by atoms with van der Waals surface area (Å²) >= 11 is 19.3. The first-order valence-corrected chi connectivity index (χ1v) is 14.3. The van der Waals surface area contributed by atoms with E-state index in [0.29, 0.717) is 22.2 Å². The summed E-state index contributed by atoms with van der Waals surface area (Å²) in [5.74, 6) is -0.953. The zero-order valence-corrected chi connectivity index (χ0v) is 26.0. The lowest BCUT2D eigenvalue weighted by Crippen LogP contribution is -2.49. The number of likely N-dealkylation sites (tertiary alicyclic amines) is 1. The number of ether oxygens (including phenoxy) is 1. The van der Waals surface area contributed by atoms with Gasteiger partial charge in [0.25, 0.3) is 0 Å². The molecule has 5 nitrogen and oxygen atoms in total. The van der Waals surface area contributed by atoms with E-state index in [2.05, 4.69) is 31.9 Å². The fourth-order valence-electron chi connectivity index (χ4n) is 4.46. The third-order valence-electron chi connectivity index (χ3n) is 6.36. The molecule has 1 fully saturated rings. The number of hydrogen-bond donors (Lipinski definition) is 0. The number of amides is 2. The molecular weight excluding hydrogens is 650 g/mol. The summed E-state index contributed by atoms with van der Waals surface area (Å²) in [4.78, 5) is 29.0. The van der Waals surface area contributed by atoms with Crippen molar-refractivity contribution >= 4 is 67.1 Å². The molecule has 2 amide bonds. The highest BCUT2D eigenvalue weighted by atomic mass is 79.9. The maximum Gasteiger partial charge on any atom is 0.410 e. The lowest BCUT2D eigenvalue weighted by atomic mass is 9.75. The van der Waals surface area contributed by atoms with Gasteiger partial charge < -0.3 is 14.5 Å². The minimum Gasteiger partial charge on any atom is -0.444 e. The predicted molar refractivity (Wildman–Crippen MR) is 153 cm³/mol. The summed E-state index contributed by atoms with van der Waals surface area (Å²) in [6.07, 6.45) is -0.358. The van der Waals surface area contributed by atoms with Crippen LogP contribution >= 0.6 is 55.1 Å². The summed E-state index contributed by atoms with van der Waals surface area (Å²) in [5, 5.41) is 0.666. The van der Waals surface area contributed by atoms with Gasteiger partial charge in [-0.2, -0.15) is 0 Å². The summed E-state index contributed by atoms with van der Waals surface area (Å²) in [6.45, 7) is 6.14. The number of alkyl halides is 1. The van der Waals surface area contributed by atoms with E-state index >= 15 is 4.39 Å². The number of carbonyl (C=O) groups excluding carboxylic acids is 2. The van der Waals surface area contributed by atoms with Gasteiger partial charge in [0, 0.05) is 48.0 Å². The van der Waals surface area contributed by atoms with E-state index in [0.717, 1.165) is 14.5 Å². The summed E-state index contributed by atoms with van der Waals surface area (Å²) < 4.78 is 23.9. The maximum absolute atomic E-state index is 16.6. The number of halogens is 5. The van der Waals surface area contributed by atoms with Gasteiger partial charge in [0.1, 0.15) is 11.3 Å². The molecule has 2 aromatic carbocycles. The van der Waals surface area contributed by atoms with Crippen LogP contribution < -0.4 is 0 Å². The van der Waals surface area contributed by atoms with E-state index in [9.17, 15) is 9.59 Å². The van der Waals surface area contributed by atoms with Crippen LogP contribution in [-0.2, 0) is 16.1 Å². The van der Waals surface area contributed by atoms with Crippen LogP contribution in [0.2, 0.25) is 10.0 Å². The fraction of sp³-hybridized carbons (Fsp3) is 0.481. The average Bonchev–Trinajstić information content (AvgIpc) is 2.77. The Hall–Kier alpha value is -1.35. The Bertz CT molecular complexity index is 1130. The van der Waals surface area contributed by atoms with Crippen LogP contribution in [0.4, 0.5) is 9.18 Å². The largest absolute Gasteiger partial charge is 0.444 e. The van der Waals surface area contributed by atoms with Crippen molar-refractivity contribution in [2.24, 2.45) is 0 Å². The summed E-state index contributed by atoms with van der Waals surface area (Å²) in [6, 6.07) is 10.8. The molecule has 37 heavy (non-hydrogen) atoms. The van der Waals surface area contributed by atoms with Gasteiger partial charge in [-0.3, -0.25) is 4.79 Å². The van der Waals surface area contributed by atoms with Crippen LogP contribution in [0.15, 0.2) is 45.3 Å². The topological polar surface area (TPSA) is 49.9 Å². The maximum atomic E-state index is 16.6. The number of carbonyl (C=O) groups is 2. The van der Waals surface area contributed by atoms with Crippen LogP contribution in [-0.4, -0.2) is 53.2 Å². The third kappa shape index (κ3) is 8.32. The second-order valence-corrected chi connectivity index (χ2v) is 13.1. The van der Waals surface area contributed by atoms with E-state index < -0.39 is 23.3 Å². The van der Waals surface area contributed by atoms with Crippen molar-refractivity contribution in [3.8, 4) is 0 Å². The van der Waals surface area contributed by atoms with Crippen LogP contribution in [0.3, 0.4) is 0 Å². The Balaban J connectivity index is 1.80. The molecule has 1 unspecified atom stereocenters. The SMILES string of the molecule is CN(Cc1cc(Br)cc(Br)c1)C(=O)CC(c1ccc(Cl)c(Cl)c1)C1(F)CCN(C(=O)OC(C)(C)C)CC1. The van der Waals surface area contributed by atoms with Gasteiger partial charge in [0.15, 0.2) is 0 Å². The Morgan fingerprint density at radius 3 is 2.22 bits per heavy atom. The molecule has 0 saturated carbocycles. The number of hydrogen-bond acceptors (Lipinski definition) is 3. The fourth-order valence-corrected chi connectivity index (χ4v) is 6.15. The van der Waals surface area contributed by atoms with Crippen molar-refractivity contribution in [1.82, 2.24) is 9.80 Å². The molecular formula is C27H31Br2Cl2FN2O3. The number of rotatable bonds is 6.